The number of likely N-dealkylation sites (N-methyl/N-ethyl adjacent to an activating group) is 1. The second-order valence-electron chi connectivity index (χ2n) is 6.58. The van der Waals surface area contributed by atoms with Gasteiger partial charge in [-0.1, -0.05) is 0 Å². The van der Waals surface area contributed by atoms with E-state index in [1.165, 1.54) is 11.3 Å². The van der Waals surface area contributed by atoms with Crippen LogP contribution < -0.4 is 4.90 Å². The first kappa shape index (κ1) is 16.9. The Kier molecular flexibility index (Phi) is 5.11. The van der Waals surface area contributed by atoms with Gasteiger partial charge in [-0.2, -0.15) is 5.10 Å². The highest BCUT2D eigenvalue weighted by atomic mass is 16.5. The van der Waals surface area contributed by atoms with Gasteiger partial charge in [-0.3, -0.25) is 4.68 Å². The van der Waals surface area contributed by atoms with Crippen molar-refractivity contribution in [3.05, 3.63) is 34.9 Å². The number of hydrogen-bond donors (Lipinski definition) is 0. The number of anilines is 1. The Morgan fingerprint density at radius 2 is 2.00 bits per heavy atom. The van der Waals surface area contributed by atoms with Crippen LogP contribution in [0.3, 0.4) is 0 Å². The fraction of sp³-hybridized carbons (Fsp3) is 0.588. The molecule has 0 unspecified atom stereocenters. The largest absolute Gasteiger partial charge is 0.374 e. The zero-order valence-electron chi connectivity index (χ0n) is 15.0. The topological polar surface area (TPSA) is 59.3 Å². The summed E-state index contributed by atoms with van der Waals surface area (Å²) in [7, 11) is 6.10. The molecule has 24 heavy (non-hydrogen) atoms. The summed E-state index contributed by atoms with van der Waals surface area (Å²) in [6.07, 6.45) is 4.68. The van der Waals surface area contributed by atoms with Gasteiger partial charge in [-0.15, -0.1) is 0 Å². The van der Waals surface area contributed by atoms with Gasteiger partial charge in [0.25, 0.3) is 0 Å². The molecule has 3 rings (SSSR count). The smallest absolute Gasteiger partial charge is 0.225 e. The van der Waals surface area contributed by atoms with Gasteiger partial charge in [0.2, 0.25) is 5.95 Å². The van der Waals surface area contributed by atoms with Crippen LogP contribution in [0.4, 0.5) is 5.95 Å². The fourth-order valence-corrected chi connectivity index (χ4v) is 2.91. The lowest BCUT2D eigenvalue weighted by molar-refractivity contribution is 0.102. The van der Waals surface area contributed by atoms with Gasteiger partial charge in [0.1, 0.15) is 0 Å². The van der Waals surface area contributed by atoms with E-state index >= 15 is 0 Å². The molecule has 1 aliphatic rings. The van der Waals surface area contributed by atoms with Gasteiger partial charge in [0.05, 0.1) is 31.1 Å². The molecule has 1 aliphatic heterocycles. The van der Waals surface area contributed by atoms with E-state index in [2.05, 4.69) is 24.9 Å². The second-order valence-corrected chi connectivity index (χ2v) is 6.58. The van der Waals surface area contributed by atoms with Crippen molar-refractivity contribution in [3.63, 3.8) is 0 Å². The third-order valence-corrected chi connectivity index (χ3v) is 4.30. The molecule has 0 saturated heterocycles. The van der Waals surface area contributed by atoms with Crippen LogP contribution in [0.25, 0.3) is 0 Å². The molecule has 0 bridgehead atoms. The van der Waals surface area contributed by atoms with Crippen molar-refractivity contribution in [2.24, 2.45) is 7.05 Å². The SMILES string of the molecule is Cc1cnc(N2CCc3c(COCCN(C)C)nn(C)c3C2)nc1. The minimum atomic E-state index is 0.581. The molecule has 7 nitrogen and oxygen atoms in total. The van der Waals surface area contributed by atoms with Crippen molar-refractivity contribution >= 4 is 5.95 Å². The average Bonchev–Trinajstić information content (AvgIpc) is 2.88. The summed E-state index contributed by atoms with van der Waals surface area (Å²) in [4.78, 5) is 13.2. The molecule has 0 N–H and O–H groups in total. The van der Waals surface area contributed by atoms with Crippen LogP contribution in [0.2, 0.25) is 0 Å². The van der Waals surface area contributed by atoms with Gasteiger partial charge >= 0.3 is 0 Å². The predicted molar refractivity (Wildman–Crippen MR) is 92.9 cm³/mol. The Bertz CT molecular complexity index is 679. The summed E-state index contributed by atoms with van der Waals surface area (Å²) >= 11 is 0. The minimum Gasteiger partial charge on any atom is -0.374 e. The molecule has 0 radical (unpaired) electrons. The van der Waals surface area contributed by atoms with Crippen molar-refractivity contribution in [1.29, 1.82) is 0 Å². The monoisotopic (exact) mass is 330 g/mol. The first-order valence-corrected chi connectivity index (χ1v) is 8.34. The van der Waals surface area contributed by atoms with E-state index in [1.54, 1.807) is 0 Å². The van der Waals surface area contributed by atoms with Gasteiger partial charge in [-0.25, -0.2) is 9.97 Å². The molecule has 0 amide bonds. The van der Waals surface area contributed by atoms with Crippen molar-refractivity contribution in [3.8, 4) is 0 Å². The van der Waals surface area contributed by atoms with E-state index in [0.717, 1.165) is 49.9 Å². The third kappa shape index (κ3) is 3.73. The zero-order chi connectivity index (χ0) is 17.1. The Morgan fingerprint density at radius 1 is 1.25 bits per heavy atom. The van der Waals surface area contributed by atoms with Crippen LogP contribution in [0.15, 0.2) is 12.4 Å². The van der Waals surface area contributed by atoms with E-state index < -0.39 is 0 Å². The average molecular weight is 330 g/mol. The molecular formula is C17H26N6O. The van der Waals surface area contributed by atoms with Crippen LogP contribution in [0, 0.1) is 6.92 Å². The molecule has 0 fully saturated rings. The van der Waals surface area contributed by atoms with Gasteiger partial charge in [0.15, 0.2) is 0 Å². The predicted octanol–water partition coefficient (Wildman–Crippen LogP) is 1.16. The van der Waals surface area contributed by atoms with Crippen LogP contribution in [-0.4, -0.2) is 58.4 Å². The number of ether oxygens (including phenoxy) is 1. The zero-order valence-corrected chi connectivity index (χ0v) is 15.0. The number of aromatic nitrogens is 4. The minimum absolute atomic E-state index is 0.581. The van der Waals surface area contributed by atoms with Crippen molar-refractivity contribution in [1.82, 2.24) is 24.6 Å². The summed E-state index contributed by atoms with van der Waals surface area (Å²) in [6.45, 7) is 5.93. The van der Waals surface area contributed by atoms with Crippen molar-refractivity contribution in [2.75, 3.05) is 38.7 Å². The Morgan fingerprint density at radius 3 is 2.71 bits per heavy atom. The maximum absolute atomic E-state index is 5.78. The molecule has 0 aromatic carbocycles. The Hall–Kier alpha value is -1.99. The highest BCUT2D eigenvalue weighted by molar-refractivity contribution is 5.39. The number of aryl methyl sites for hydroxylation is 2. The van der Waals surface area contributed by atoms with Crippen LogP contribution >= 0.6 is 0 Å². The van der Waals surface area contributed by atoms with E-state index in [9.17, 15) is 0 Å². The summed E-state index contributed by atoms with van der Waals surface area (Å²) in [5, 5.41) is 4.66. The molecule has 7 heteroatoms. The quantitative estimate of drug-likeness (QED) is 0.741. The molecular weight excluding hydrogens is 304 g/mol. The molecule has 0 saturated carbocycles. The van der Waals surface area contributed by atoms with E-state index in [4.69, 9.17) is 4.74 Å². The summed E-state index contributed by atoms with van der Waals surface area (Å²) in [6, 6.07) is 0. The maximum Gasteiger partial charge on any atom is 0.225 e. The van der Waals surface area contributed by atoms with Crippen LogP contribution in [0.1, 0.15) is 22.5 Å². The number of fused-ring (bicyclic) bond motifs is 1. The van der Waals surface area contributed by atoms with Crippen molar-refractivity contribution < 1.29 is 4.74 Å². The molecule has 2 aromatic heterocycles. The second kappa shape index (κ2) is 7.27. The van der Waals surface area contributed by atoms with Gasteiger partial charge < -0.3 is 14.5 Å². The van der Waals surface area contributed by atoms with E-state index in [-0.39, 0.29) is 0 Å². The van der Waals surface area contributed by atoms with E-state index in [1.807, 2.05) is 45.1 Å². The lowest BCUT2D eigenvalue weighted by atomic mass is 10.0. The third-order valence-electron chi connectivity index (χ3n) is 4.30. The Labute approximate surface area is 143 Å². The van der Waals surface area contributed by atoms with Crippen molar-refractivity contribution in [2.45, 2.75) is 26.5 Å². The first-order valence-electron chi connectivity index (χ1n) is 8.34. The lowest BCUT2D eigenvalue weighted by Crippen LogP contribution is -2.32. The normalized spacial score (nSPS) is 14.3. The number of nitrogens with zero attached hydrogens (tertiary/aromatic N) is 6. The van der Waals surface area contributed by atoms with Gasteiger partial charge in [-0.05, 0) is 33.0 Å². The molecule has 0 spiro atoms. The standard InChI is InChI=1S/C17H26N6O/c1-13-9-18-17(19-10-13)23-6-5-14-15(12-24-8-7-21(2)3)20-22(4)16(14)11-23/h9-10H,5-8,11-12H2,1-4H3. The first-order chi connectivity index (χ1) is 11.5. The molecule has 0 atom stereocenters. The van der Waals surface area contributed by atoms with Gasteiger partial charge in [0, 0.05) is 38.1 Å². The van der Waals surface area contributed by atoms with E-state index in [0.29, 0.717) is 6.61 Å². The molecule has 0 aliphatic carbocycles. The van der Waals surface area contributed by atoms with Crippen LogP contribution in [0.5, 0.6) is 0 Å². The Balaban J connectivity index is 1.67. The molecule has 2 aromatic rings. The van der Waals surface area contributed by atoms with Crippen LogP contribution in [-0.2, 0) is 31.4 Å². The molecule has 130 valence electrons. The lowest BCUT2D eigenvalue weighted by Gasteiger charge is -2.27. The highest BCUT2D eigenvalue weighted by Crippen LogP contribution is 2.24. The number of hydrogen-bond acceptors (Lipinski definition) is 6. The maximum atomic E-state index is 5.78. The summed E-state index contributed by atoms with van der Waals surface area (Å²) in [5.41, 5.74) is 4.70. The summed E-state index contributed by atoms with van der Waals surface area (Å²) in [5.74, 6) is 0.788. The fourth-order valence-electron chi connectivity index (χ4n) is 2.91. The highest BCUT2D eigenvalue weighted by Gasteiger charge is 2.25. The number of rotatable bonds is 6. The summed E-state index contributed by atoms with van der Waals surface area (Å²) < 4.78 is 7.75. The molecule has 3 heterocycles.